The average molecular weight is 307 g/mol. The summed E-state index contributed by atoms with van der Waals surface area (Å²) in [5.41, 5.74) is 7.06. The Labute approximate surface area is 127 Å². The van der Waals surface area contributed by atoms with Crippen LogP contribution in [0.25, 0.3) is 0 Å². The minimum atomic E-state index is -0.288. The number of rotatable bonds is 4. The minimum absolute atomic E-state index is 0.288. The molecular weight excluding hydrogens is 292 g/mol. The number of halogens is 1. The van der Waals surface area contributed by atoms with E-state index in [-0.39, 0.29) is 5.91 Å². The fraction of sp³-hybridized carbons (Fsp3) is 0.133. The highest BCUT2D eigenvalue weighted by Gasteiger charge is 2.10. The molecule has 2 rings (SSSR count). The number of carbonyl (C=O) groups is 1. The van der Waals surface area contributed by atoms with Gasteiger partial charge in [-0.2, -0.15) is 0 Å². The van der Waals surface area contributed by atoms with E-state index in [0.29, 0.717) is 33.5 Å². The Bertz CT molecular complexity index is 674. The second-order valence-electron chi connectivity index (χ2n) is 4.26. The Balaban J connectivity index is 2.21. The number of ether oxygens (including phenoxy) is 2. The van der Waals surface area contributed by atoms with E-state index >= 15 is 0 Å². The van der Waals surface area contributed by atoms with Crippen LogP contribution in [0.2, 0.25) is 5.02 Å². The number of methoxy groups -OCH3 is 2. The fourth-order valence-electron chi connectivity index (χ4n) is 1.79. The molecule has 110 valence electrons. The van der Waals surface area contributed by atoms with E-state index in [9.17, 15) is 4.79 Å². The highest BCUT2D eigenvalue weighted by atomic mass is 35.5. The lowest BCUT2D eigenvalue weighted by molar-refractivity contribution is 0.102. The van der Waals surface area contributed by atoms with Crippen molar-refractivity contribution >= 4 is 28.9 Å². The van der Waals surface area contributed by atoms with Crippen molar-refractivity contribution in [3.63, 3.8) is 0 Å². The molecule has 2 aromatic carbocycles. The van der Waals surface area contributed by atoms with Crippen LogP contribution >= 0.6 is 11.6 Å². The van der Waals surface area contributed by atoms with Gasteiger partial charge in [0.05, 0.1) is 24.9 Å². The summed E-state index contributed by atoms with van der Waals surface area (Å²) < 4.78 is 10.3. The molecule has 1 amide bonds. The lowest BCUT2D eigenvalue weighted by Gasteiger charge is -2.11. The summed E-state index contributed by atoms with van der Waals surface area (Å²) in [6.45, 7) is 0. The first-order chi connectivity index (χ1) is 10.0. The lowest BCUT2D eigenvalue weighted by atomic mass is 10.2. The average Bonchev–Trinajstić information content (AvgIpc) is 2.49. The number of amides is 1. The van der Waals surface area contributed by atoms with Crippen LogP contribution < -0.4 is 20.5 Å². The first-order valence-corrected chi connectivity index (χ1v) is 6.51. The number of carbonyl (C=O) groups excluding carboxylic acids is 1. The summed E-state index contributed by atoms with van der Waals surface area (Å²) in [6.07, 6.45) is 0. The maximum absolute atomic E-state index is 12.1. The summed E-state index contributed by atoms with van der Waals surface area (Å²) in [5, 5.41) is 3.10. The quantitative estimate of drug-likeness (QED) is 0.851. The Morgan fingerprint density at radius 1 is 1.10 bits per heavy atom. The largest absolute Gasteiger partial charge is 0.493 e. The third kappa shape index (κ3) is 3.38. The molecule has 0 aliphatic carbocycles. The minimum Gasteiger partial charge on any atom is -0.493 e. The van der Waals surface area contributed by atoms with Crippen molar-refractivity contribution in [2.45, 2.75) is 0 Å². The standard InChI is InChI=1S/C15H15ClN2O3/c1-20-13-6-4-10(8-14(13)21-2)18-15(19)9-3-5-12(17)11(16)7-9/h3-8H,17H2,1-2H3,(H,18,19). The number of hydrogen-bond acceptors (Lipinski definition) is 4. The van der Waals surface area contributed by atoms with Crippen molar-refractivity contribution in [1.82, 2.24) is 0 Å². The van der Waals surface area contributed by atoms with Gasteiger partial charge in [0.2, 0.25) is 0 Å². The molecule has 0 aliphatic rings. The zero-order chi connectivity index (χ0) is 15.4. The predicted molar refractivity (Wildman–Crippen MR) is 83.4 cm³/mol. The van der Waals surface area contributed by atoms with E-state index in [0.717, 1.165) is 0 Å². The van der Waals surface area contributed by atoms with Crippen molar-refractivity contribution in [3.05, 3.63) is 47.0 Å². The Hall–Kier alpha value is -2.40. The zero-order valence-electron chi connectivity index (χ0n) is 11.6. The number of nitrogens with one attached hydrogen (secondary N) is 1. The number of hydrogen-bond donors (Lipinski definition) is 2. The number of nitrogen functional groups attached to an aromatic ring is 1. The molecule has 0 aromatic heterocycles. The van der Waals surface area contributed by atoms with Crippen molar-refractivity contribution in [2.24, 2.45) is 0 Å². The smallest absolute Gasteiger partial charge is 0.255 e. The summed E-state index contributed by atoms with van der Waals surface area (Å²) in [6, 6.07) is 9.83. The molecule has 0 spiro atoms. The number of anilines is 2. The molecule has 0 bridgehead atoms. The van der Waals surface area contributed by atoms with E-state index < -0.39 is 0 Å². The second kappa shape index (κ2) is 6.37. The summed E-state index contributed by atoms with van der Waals surface area (Å²) in [7, 11) is 3.08. The van der Waals surface area contributed by atoms with Gasteiger partial charge >= 0.3 is 0 Å². The van der Waals surface area contributed by atoms with Crippen LogP contribution in [0.15, 0.2) is 36.4 Å². The SMILES string of the molecule is COc1ccc(NC(=O)c2ccc(N)c(Cl)c2)cc1OC. The molecule has 5 nitrogen and oxygen atoms in total. The Morgan fingerprint density at radius 3 is 2.43 bits per heavy atom. The fourth-order valence-corrected chi connectivity index (χ4v) is 1.97. The third-order valence-electron chi connectivity index (χ3n) is 2.90. The van der Waals surface area contributed by atoms with Gasteiger partial charge in [-0.05, 0) is 30.3 Å². The van der Waals surface area contributed by atoms with Crippen molar-refractivity contribution in [2.75, 3.05) is 25.3 Å². The summed E-state index contributed by atoms with van der Waals surface area (Å²) >= 11 is 5.91. The third-order valence-corrected chi connectivity index (χ3v) is 3.23. The monoisotopic (exact) mass is 306 g/mol. The van der Waals surface area contributed by atoms with Gasteiger partial charge in [0.25, 0.3) is 5.91 Å². The first kappa shape index (κ1) is 15.0. The topological polar surface area (TPSA) is 73.6 Å². The number of nitrogens with two attached hydrogens (primary N) is 1. The molecule has 6 heteroatoms. The molecular formula is C15H15ClN2O3. The summed E-state index contributed by atoms with van der Waals surface area (Å²) in [5.74, 6) is 0.834. The molecule has 0 saturated carbocycles. The van der Waals surface area contributed by atoms with Crippen LogP contribution in [0.1, 0.15) is 10.4 Å². The van der Waals surface area contributed by atoms with Gasteiger partial charge in [-0.3, -0.25) is 4.79 Å². The van der Waals surface area contributed by atoms with Crippen molar-refractivity contribution < 1.29 is 14.3 Å². The molecule has 0 saturated heterocycles. The molecule has 3 N–H and O–H groups in total. The Kier molecular flexibility index (Phi) is 4.55. The highest BCUT2D eigenvalue weighted by molar-refractivity contribution is 6.33. The summed E-state index contributed by atoms with van der Waals surface area (Å²) in [4.78, 5) is 12.1. The van der Waals surface area contributed by atoms with Gasteiger partial charge < -0.3 is 20.5 Å². The van der Waals surface area contributed by atoms with Gasteiger partial charge in [0.15, 0.2) is 11.5 Å². The van der Waals surface area contributed by atoms with Crippen LogP contribution in [-0.4, -0.2) is 20.1 Å². The van der Waals surface area contributed by atoms with Crippen molar-refractivity contribution in [3.8, 4) is 11.5 Å². The molecule has 0 heterocycles. The van der Waals surface area contributed by atoms with E-state index in [1.54, 1.807) is 37.4 Å². The van der Waals surface area contributed by atoms with Crippen LogP contribution in [0.5, 0.6) is 11.5 Å². The van der Waals surface area contributed by atoms with Gasteiger partial charge in [-0.15, -0.1) is 0 Å². The predicted octanol–water partition coefficient (Wildman–Crippen LogP) is 3.19. The lowest BCUT2D eigenvalue weighted by Crippen LogP contribution is -2.12. The van der Waals surface area contributed by atoms with E-state index in [1.165, 1.54) is 13.2 Å². The molecule has 21 heavy (non-hydrogen) atoms. The van der Waals surface area contributed by atoms with Gasteiger partial charge in [-0.1, -0.05) is 11.6 Å². The van der Waals surface area contributed by atoms with E-state index in [2.05, 4.69) is 5.32 Å². The van der Waals surface area contributed by atoms with Gasteiger partial charge in [0, 0.05) is 17.3 Å². The van der Waals surface area contributed by atoms with Gasteiger partial charge in [0.1, 0.15) is 0 Å². The van der Waals surface area contributed by atoms with Crippen LogP contribution in [0.3, 0.4) is 0 Å². The zero-order valence-corrected chi connectivity index (χ0v) is 12.4. The molecule has 0 atom stereocenters. The van der Waals surface area contributed by atoms with Crippen LogP contribution in [-0.2, 0) is 0 Å². The molecule has 0 fully saturated rings. The normalized spacial score (nSPS) is 10.0. The number of benzene rings is 2. The van der Waals surface area contributed by atoms with Crippen LogP contribution in [0, 0.1) is 0 Å². The maximum atomic E-state index is 12.1. The Morgan fingerprint density at radius 2 is 1.81 bits per heavy atom. The van der Waals surface area contributed by atoms with E-state index in [4.69, 9.17) is 26.8 Å². The van der Waals surface area contributed by atoms with Crippen molar-refractivity contribution in [1.29, 1.82) is 0 Å². The maximum Gasteiger partial charge on any atom is 0.255 e. The highest BCUT2D eigenvalue weighted by Crippen LogP contribution is 2.30. The first-order valence-electron chi connectivity index (χ1n) is 6.13. The second-order valence-corrected chi connectivity index (χ2v) is 4.67. The molecule has 0 aliphatic heterocycles. The van der Waals surface area contributed by atoms with Crippen LogP contribution in [0.4, 0.5) is 11.4 Å². The van der Waals surface area contributed by atoms with E-state index in [1.807, 2.05) is 0 Å². The molecule has 0 unspecified atom stereocenters. The molecule has 2 aromatic rings. The van der Waals surface area contributed by atoms with Gasteiger partial charge in [-0.25, -0.2) is 0 Å². The molecule has 0 radical (unpaired) electrons.